The number of nitrogens with zero attached hydrogens (tertiary/aromatic N) is 2. The van der Waals surface area contributed by atoms with Crippen LogP contribution in [0, 0.1) is 0 Å². The van der Waals surface area contributed by atoms with E-state index in [1.807, 2.05) is 6.07 Å². The molecule has 0 radical (unpaired) electrons. The zero-order valence-electron chi connectivity index (χ0n) is 6.27. The SMILES string of the molecule is [N-]=[NH+]N=CC(=O)c1ccccc1. The minimum absolute atomic E-state index is 0.253. The molecule has 0 saturated heterocycles. The molecule has 0 aromatic heterocycles. The van der Waals surface area contributed by atoms with E-state index < -0.39 is 0 Å². The minimum atomic E-state index is -0.253. The monoisotopic (exact) mass is 161 g/mol. The quantitative estimate of drug-likeness (QED) is 0.287. The topological polar surface area (TPSA) is 65.7 Å². The van der Waals surface area contributed by atoms with Gasteiger partial charge in [0.25, 0.3) is 0 Å². The molecule has 0 amide bonds. The van der Waals surface area contributed by atoms with Crippen LogP contribution in [0.4, 0.5) is 0 Å². The van der Waals surface area contributed by atoms with Gasteiger partial charge in [-0.05, 0) is 0 Å². The first-order chi connectivity index (χ1) is 5.84. The average molecular weight is 161 g/mol. The highest BCUT2D eigenvalue weighted by Crippen LogP contribution is 1.97. The van der Waals surface area contributed by atoms with Crippen molar-refractivity contribution in [1.82, 2.24) is 0 Å². The summed E-state index contributed by atoms with van der Waals surface area (Å²) in [5.74, 6) is -0.253. The van der Waals surface area contributed by atoms with E-state index in [1.165, 1.54) is 5.22 Å². The highest BCUT2D eigenvalue weighted by atomic mass is 16.1. The van der Waals surface area contributed by atoms with E-state index in [2.05, 4.69) is 5.10 Å². The molecule has 1 rings (SSSR count). The fraction of sp³-hybridized carbons (Fsp3) is 0. The van der Waals surface area contributed by atoms with Crippen molar-refractivity contribution in [2.45, 2.75) is 0 Å². The van der Waals surface area contributed by atoms with Crippen LogP contribution < -0.4 is 5.22 Å². The van der Waals surface area contributed by atoms with Crippen LogP contribution in [-0.2, 0) is 0 Å². The number of hydrazone groups is 1. The molecule has 0 bridgehead atoms. The van der Waals surface area contributed by atoms with Gasteiger partial charge in [0.15, 0.2) is 5.78 Å². The molecule has 0 aliphatic rings. The number of carbonyl (C=O) groups is 1. The number of rotatable bonds is 3. The van der Waals surface area contributed by atoms with Crippen LogP contribution in [-0.4, -0.2) is 12.0 Å². The molecule has 0 atom stereocenters. The first-order valence-electron chi connectivity index (χ1n) is 3.36. The Morgan fingerprint density at radius 3 is 2.67 bits per heavy atom. The maximum absolute atomic E-state index is 11.1. The number of benzene rings is 1. The summed E-state index contributed by atoms with van der Waals surface area (Å²) in [7, 11) is 0. The summed E-state index contributed by atoms with van der Waals surface area (Å²) in [4.78, 5) is 11.1. The standard InChI is InChI=1S/C8H7N3O/c9-11-10-6-8(12)7-4-2-1-3-5-7/h1-6,11H. The van der Waals surface area contributed by atoms with E-state index in [9.17, 15) is 4.79 Å². The second kappa shape index (κ2) is 4.12. The first-order valence-corrected chi connectivity index (χ1v) is 3.36. The third-order valence-corrected chi connectivity index (χ3v) is 1.30. The fourth-order valence-corrected chi connectivity index (χ4v) is 0.764. The van der Waals surface area contributed by atoms with Gasteiger partial charge in [0, 0.05) is 11.8 Å². The van der Waals surface area contributed by atoms with E-state index in [-0.39, 0.29) is 5.78 Å². The summed E-state index contributed by atoms with van der Waals surface area (Å²) >= 11 is 0. The lowest BCUT2D eigenvalue weighted by Crippen LogP contribution is -2.54. The third-order valence-electron chi connectivity index (χ3n) is 1.30. The molecule has 0 heterocycles. The van der Waals surface area contributed by atoms with Crippen molar-refractivity contribution in [3.63, 3.8) is 0 Å². The lowest BCUT2D eigenvalue weighted by atomic mass is 10.1. The number of hydrogen-bond donors (Lipinski definition) is 1. The van der Waals surface area contributed by atoms with E-state index >= 15 is 0 Å². The van der Waals surface area contributed by atoms with Gasteiger partial charge >= 0.3 is 0 Å². The summed E-state index contributed by atoms with van der Waals surface area (Å²) in [5, 5.41) is 4.70. The van der Waals surface area contributed by atoms with E-state index in [1.54, 1.807) is 24.3 Å². The Kier molecular flexibility index (Phi) is 2.84. The summed E-state index contributed by atoms with van der Waals surface area (Å²) in [6, 6.07) is 8.68. The predicted octanol–water partition coefficient (Wildman–Crippen LogP) is -0.0427. The first kappa shape index (κ1) is 8.26. The lowest BCUT2D eigenvalue weighted by molar-refractivity contribution is -0.485. The van der Waals surface area contributed by atoms with Crippen LogP contribution in [0.2, 0.25) is 0 Å². The van der Waals surface area contributed by atoms with Crippen molar-refractivity contribution in [2.24, 2.45) is 5.10 Å². The molecule has 0 saturated carbocycles. The van der Waals surface area contributed by atoms with Gasteiger partial charge in [0.2, 0.25) is 0 Å². The Bertz CT molecular complexity index is 305. The normalized spacial score (nSPS) is 10.0. The zero-order valence-corrected chi connectivity index (χ0v) is 6.27. The smallest absolute Gasteiger partial charge is 0.187 e. The van der Waals surface area contributed by atoms with Crippen molar-refractivity contribution in [3.8, 4) is 0 Å². The molecule has 4 heteroatoms. The number of Topliss-reactive ketones (excluding diaryl/α,β-unsaturated/α-hetero) is 1. The Morgan fingerprint density at radius 1 is 1.42 bits per heavy atom. The fourth-order valence-electron chi connectivity index (χ4n) is 0.764. The molecule has 0 aliphatic carbocycles. The highest BCUT2D eigenvalue weighted by molar-refractivity contribution is 6.35. The highest BCUT2D eigenvalue weighted by Gasteiger charge is 1.97. The number of hydrogen-bond acceptors (Lipinski definition) is 1. The molecule has 0 fully saturated rings. The number of ketones is 1. The summed E-state index contributed by atoms with van der Waals surface area (Å²) < 4.78 is 0. The molecule has 0 unspecified atom stereocenters. The third kappa shape index (κ3) is 2.09. The predicted molar refractivity (Wildman–Crippen MR) is 43.6 cm³/mol. The van der Waals surface area contributed by atoms with E-state index in [4.69, 9.17) is 5.53 Å². The summed E-state index contributed by atoms with van der Waals surface area (Å²) in [5.41, 5.74) is 8.60. The van der Waals surface area contributed by atoms with Crippen molar-refractivity contribution in [2.75, 3.05) is 0 Å². The van der Waals surface area contributed by atoms with Crippen LogP contribution in [0.3, 0.4) is 0 Å². The molecule has 1 aromatic rings. The second-order valence-corrected chi connectivity index (χ2v) is 2.09. The average Bonchev–Trinajstić information content (AvgIpc) is 2.15. The second-order valence-electron chi connectivity index (χ2n) is 2.09. The molecule has 0 spiro atoms. The molecule has 60 valence electrons. The van der Waals surface area contributed by atoms with Gasteiger partial charge in [0.1, 0.15) is 0 Å². The van der Waals surface area contributed by atoms with Crippen LogP contribution >= 0.6 is 0 Å². The lowest BCUT2D eigenvalue weighted by Gasteiger charge is -1.92. The van der Waals surface area contributed by atoms with Crippen molar-refractivity contribution < 1.29 is 10.0 Å². The molecular weight excluding hydrogens is 154 g/mol. The molecule has 1 N–H and O–H groups in total. The van der Waals surface area contributed by atoms with E-state index in [0.29, 0.717) is 5.56 Å². The van der Waals surface area contributed by atoms with E-state index in [0.717, 1.165) is 6.21 Å². The number of carbonyl (C=O) groups excluding carboxylic acids is 1. The molecule has 12 heavy (non-hydrogen) atoms. The Balaban J connectivity index is 2.79. The van der Waals surface area contributed by atoms with Crippen molar-refractivity contribution in [3.05, 3.63) is 41.4 Å². The van der Waals surface area contributed by atoms with Gasteiger partial charge in [0.05, 0.1) is 0 Å². The summed E-state index contributed by atoms with van der Waals surface area (Å²) in [6.07, 6.45) is 1.01. The summed E-state index contributed by atoms with van der Waals surface area (Å²) in [6.45, 7) is 0. The molecule has 0 aliphatic heterocycles. The van der Waals surface area contributed by atoms with Crippen LogP contribution in [0.1, 0.15) is 10.4 Å². The van der Waals surface area contributed by atoms with Gasteiger partial charge < -0.3 is 0 Å². The minimum Gasteiger partial charge on any atom is -0.289 e. The van der Waals surface area contributed by atoms with Crippen LogP contribution in [0.15, 0.2) is 35.4 Å². The Hall–Kier alpha value is -1.84. The van der Waals surface area contributed by atoms with Crippen molar-refractivity contribution >= 4 is 12.0 Å². The largest absolute Gasteiger partial charge is 0.289 e. The van der Waals surface area contributed by atoms with Gasteiger partial charge in [-0.15, -0.1) is 0 Å². The van der Waals surface area contributed by atoms with Crippen LogP contribution in [0.25, 0.3) is 5.53 Å². The van der Waals surface area contributed by atoms with Gasteiger partial charge in [-0.3, -0.25) is 4.79 Å². The number of nitrogens with one attached hydrogen (secondary N) is 1. The van der Waals surface area contributed by atoms with Gasteiger partial charge in [-0.1, -0.05) is 30.3 Å². The zero-order chi connectivity index (χ0) is 8.81. The molecule has 1 aromatic carbocycles. The maximum Gasteiger partial charge on any atom is 0.187 e. The van der Waals surface area contributed by atoms with Gasteiger partial charge in [-0.2, -0.15) is 15.9 Å². The Labute approximate surface area is 69.4 Å². The van der Waals surface area contributed by atoms with Crippen molar-refractivity contribution in [1.29, 1.82) is 0 Å². The van der Waals surface area contributed by atoms with Crippen LogP contribution in [0.5, 0.6) is 0 Å². The Morgan fingerprint density at radius 2 is 2.08 bits per heavy atom. The molecule has 4 nitrogen and oxygen atoms in total. The molecular formula is C8H7N3O. The van der Waals surface area contributed by atoms with Gasteiger partial charge in [-0.25, -0.2) is 0 Å². The maximum atomic E-state index is 11.1.